The molecule has 0 radical (unpaired) electrons. The summed E-state index contributed by atoms with van der Waals surface area (Å²) in [6, 6.07) is 1.96. The van der Waals surface area contributed by atoms with E-state index in [4.69, 9.17) is 14.9 Å². The molecule has 0 spiro atoms. The Labute approximate surface area is 103 Å². The van der Waals surface area contributed by atoms with Gasteiger partial charge in [-0.15, -0.1) is 0 Å². The van der Waals surface area contributed by atoms with Crippen LogP contribution in [0.15, 0.2) is 16.7 Å². The van der Waals surface area contributed by atoms with Crippen LogP contribution in [0.1, 0.15) is 31.1 Å². The molecule has 1 aromatic heterocycles. The van der Waals surface area contributed by atoms with Gasteiger partial charge >= 0.3 is 0 Å². The van der Waals surface area contributed by atoms with Crippen LogP contribution in [-0.2, 0) is 17.8 Å². The zero-order valence-corrected chi connectivity index (χ0v) is 10.5. The number of piperidine rings is 1. The molecular formula is C13H22N2O2. The molecule has 0 saturated carbocycles. The van der Waals surface area contributed by atoms with E-state index in [2.05, 4.69) is 11.8 Å². The Morgan fingerprint density at radius 1 is 1.47 bits per heavy atom. The largest absolute Gasteiger partial charge is 0.468 e. The summed E-state index contributed by atoms with van der Waals surface area (Å²) in [6.45, 7) is 6.47. The van der Waals surface area contributed by atoms with Gasteiger partial charge in [0.2, 0.25) is 0 Å². The van der Waals surface area contributed by atoms with Gasteiger partial charge in [-0.25, -0.2) is 0 Å². The number of rotatable bonds is 5. The zero-order chi connectivity index (χ0) is 12.1. The summed E-state index contributed by atoms with van der Waals surface area (Å²) in [7, 11) is 0. The van der Waals surface area contributed by atoms with Gasteiger partial charge in [0, 0.05) is 31.8 Å². The van der Waals surface area contributed by atoms with Gasteiger partial charge in [0.1, 0.15) is 5.76 Å². The average molecular weight is 238 g/mol. The molecule has 96 valence electrons. The molecule has 2 rings (SSSR count). The molecule has 0 atom stereocenters. The third-order valence-electron chi connectivity index (χ3n) is 3.36. The van der Waals surface area contributed by atoms with E-state index in [0.717, 1.165) is 50.4 Å². The van der Waals surface area contributed by atoms with E-state index in [1.807, 2.05) is 6.07 Å². The first-order valence-electron chi connectivity index (χ1n) is 6.42. The first kappa shape index (κ1) is 12.6. The van der Waals surface area contributed by atoms with Gasteiger partial charge in [0.25, 0.3) is 0 Å². The molecular weight excluding hydrogens is 216 g/mol. The van der Waals surface area contributed by atoms with E-state index in [9.17, 15) is 0 Å². The van der Waals surface area contributed by atoms with Crippen LogP contribution < -0.4 is 5.73 Å². The van der Waals surface area contributed by atoms with Gasteiger partial charge < -0.3 is 14.9 Å². The number of furan rings is 1. The van der Waals surface area contributed by atoms with Crippen LogP contribution in [-0.4, -0.2) is 30.7 Å². The Kier molecular flexibility index (Phi) is 4.59. The van der Waals surface area contributed by atoms with Crippen molar-refractivity contribution in [3.63, 3.8) is 0 Å². The standard InChI is InChI=1S/C13H22N2O2/c1-2-16-12-3-6-15(7-4-12)10-13-11(9-14)5-8-17-13/h5,8,12H,2-4,6-7,9-10,14H2,1H3. The molecule has 4 nitrogen and oxygen atoms in total. The summed E-state index contributed by atoms with van der Waals surface area (Å²) in [5.74, 6) is 1.02. The average Bonchev–Trinajstić information content (AvgIpc) is 2.79. The molecule has 1 aliphatic heterocycles. The highest BCUT2D eigenvalue weighted by Crippen LogP contribution is 2.18. The molecule has 4 heteroatoms. The van der Waals surface area contributed by atoms with Gasteiger partial charge in [-0.05, 0) is 25.8 Å². The number of hydrogen-bond acceptors (Lipinski definition) is 4. The first-order chi connectivity index (χ1) is 8.33. The second-order valence-electron chi connectivity index (χ2n) is 4.50. The summed E-state index contributed by atoms with van der Waals surface area (Å²) < 4.78 is 11.1. The fourth-order valence-corrected chi connectivity index (χ4v) is 2.36. The minimum absolute atomic E-state index is 0.446. The molecule has 0 aliphatic carbocycles. The maximum Gasteiger partial charge on any atom is 0.122 e. The van der Waals surface area contributed by atoms with Crippen LogP contribution in [0, 0.1) is 0 Å². The van der Waals surface area contributed by atoms with Crippen LogP contribution in [0.5, 0.6) is 0 Å². The van der Waals surface area contributed by atoms with Crippen molar-refractivity contribution in [1.82, 2.24) is 4.90 Å². The molecule has 1 aliphatic rings. The summed E-state index contributed by atoms with van der Waals surface area (Å²) in [4.78, 5) is 2.41. The Morgan fingerprint density at radius 2 is 2.24 bits per heavy atom. The van der Waals surface area contributed by atoms with Crippen molar-refractivity contribution in [2.45, 2.75) is 39.0 Å². The third-order valence-corrected chi connectivity index (χ3v) is 3.36. The molecule has 0 bridgehead atoms. The fraction of sp³-hybridized carbons (Fsp3) is 0.692. The Bertz CT molecular complexity index is 330. The van der Waals surface area contributed by atoms with Crippen molar-refractivity contribution in [3.8, 4) is 0 Å². The quantitative estimate of drug-likeness (QED) is 0.849. The van der Waals surface area contributed by atoms with E-state index in [1.165, 1.54) is 0 Å². The van der Waals surface area contributed by atoms with Crippen LogP contribution in [0.2, 0.25) is 0 Å². The summed E-state index contributed by atoms with van der Waals surface area (Å²) in [5, 5.41) is 0. The van der Waals surface area contributed by atoms with Crippen LogP contribution >= 0.6 is 0 Å². The Hall–Kier alpha value is -0.840. The minimum atomic E-state index is 0.446. The smallest absolute Gasteiger partial charge is 0.122 e. The van der Waals surface area contributed by atoms with Crippen LogP contribution in [0.3, 0.4) is 0 Å². The lowest BCUT2D eigenvalue weighted by Gasteiger charge is -2.31. The van der Waals surface area contributed by atoms with E-state index >= 15 is 0 Å². The zero-order valence-electron chi connectivity index (χ0n) is 10.5. The molecule has 1 aromatic rings. The minimum Gasteiger partial charge on any atom is -0.468 e. The normalized spacial score (nSPS) is 18.7. The summed E-state index contributed by atoms with van der Waals surface area (Å²) in [6.07, 6.45) is 4.41. The van der Waals surface area contributed by atoms with E-state index in [0.29, 0.717) is 12.6 Å². The van der Waals surface area contributed by atoms with Crippen molar-refractivity contribution in [2.75, 3.05) is 19.7 Å². The number of likely N-dealkylation sites (tertiary alicyclic amines) is 1. The second kappa shape index (κ2) is 6.19. The van der Waals surface area contributed by atoms with Gasteiger partial charge in [0.05, 0.1) is 18.9 Å². The first-order valence-corrected chi connectivity index (χ1v) is 6.42. The van der Waals surface area contributed by atoms with Crippen LogP contribution in [0.25, 0.3) is 0 Å². The Morgan fingerprint density at radius 3 is 2.88 bits per heavy atom. The SMILES string of the molecule is CCOC1CCN(Cc2occc2CN)CC1. The molecule has 2 heterocycles. The number of ether oxygens (including phenoxy) is 1. The summed E-state index contributed by atoms with van der Waals surface area (Å²) >= 11 is 0. The van der Waals surface area contributed by atoms with Crippen molar-refractivity contribution >= 4 is 0 Å². The van der Waals surface area contributed by atoms with Gasteiger partial charge in [-0.3, -0.25) is 4.90 Å². The predicted molar refractivity (Wildman–Crippen MR) is 66.5 cm³/mol. The third kappa shape index (κ3) is 3.31. The predicted octanol–water partition coefficient (Wildman–Crippen LogP) is 1.74. The summed E-state index contributed by atoms with van der Waals surface area (Å²) in [5.41, 5.74) is 6.79. The number of nitrogens with two attached hydrogens (primary N) is 1. The highest BCUT2D eigenvalue weighted by Gasteiger charge is 2.20. The van der Waals surface area contributed by atoms with Gasteiger partial charge in [0.15, 0.2) is 0 Å². The maximum absolute atomic E-state index is 5.66. The van der Waals surface area contributed by atoms with Crippen molar-refractivity contribution in [3.05, 3.63) is 23.7 Å². The van der Waals surface area contributed by atoms with E-state index in [1.54, 1.807) is 6.26 Å². The molecule has 1 fully saturated rings. The molecule has 0 amide bonds. The van der Waals surface area contributed by atoms with Crippen molar-refractivity contribution in [2.24, 2.45) is 5.73 Å². The molecule has 0 unspecified atom stereocenters. The Balaban J connectivity index is 1.82. The lowest BCUT2D eigenvalue weighted by atomic mass is 10.1. The van der Waals surface area contributed by atoms with Crippen LogP contribution in [0.4, 0.5) is 0 Å². The molecule has 2 N–H and O–H groups in total. The highest BCUT2D eigenvalue weighted by molar-refractivity contribution is 5.16. The number of nitrogens with zero attached hydrogens (tertiary/aromatic N) is 1. The lowest BCUT2D eigenvalue weighted by molar-refractivity contribution is 0.0111. The fourth-order valence-electron chi connectivity index (χ4n) is 2.36. The monoisotopic (exact) mass is 238 g/mol. The van der Waals surface area contributed by atoms with Crippen molar-refractivity contribution in [1.29, 1.82) is 0 Å². The number of hydrogen-bond donors (Lipinski definition) is 1. The van der Waals surface area contributed by atoms with E-state index < -0.39 is 0 Å². The lowest BCUT2D eigenvalue weighted by Crippen LogP contribution is -2.36. The molecule has 17 heavy (non-hydrogen) atoms. The van der Waals surface area contributed by atoms with Gasteiger partial charge in [-0.1, -0.05) is 0 Å². The molecule has 0 aromatic carbocycles. The molecule has 1 saturated heterocycles. The topological polar surface area (TPSA) is 51.6 Å². The van der Waals surface area contributed by atoms with E-state index in [-0.39, 0.29) is 0 Å². The van der Waals surface area contributed by atoms with Gasteiger partial charge in [-0.2, -0.15) is 0 Å². The highest BCUT2D eigenvalue weighted by atomic mass is 16.5. The second-order valence-corrected chi connectivity index (χ2v) is 4.50. The maximum atomic E-state index is 5.66. The van der Waals surface area contributed by atoms with Crippen molar-refractivity contribution < 1.29 is 9.15 Å².